The molecule has 2 N–H and O–H groups in total. The van der Waals surface area contributed by atoms with Crippen LogP contribution < -0.4 is 10.6 Å². The van der Waals surface area contributed by atoms with E-state index >= 15 is 0 Å². The number of rotatable bonds is 6. The summed E-state index contributed by atoms with van der Waals surface area (Å²) in [4.78, 5) is 11.6. The van der Waals surface area contributed by atoms with E-state index in [1.807, 2.05) is 6.92 Å². The van der Waals surface area contributed by atoms with Crippen LogP contribution in [-0.2, 0) is 6.18 Å². The van der Waals surface area contributed by atoms with Crippen LogP contribution in [0.2, 0.25) is 0 Å². The summed E-state index contributed by atoms with van der Waals surface area (Å²) in [6.07, 6.45) is -3.87. The van der Waals surface area contributed by atoms with Crippen molar-refractivity contribution in [3.8, 4) is 0 Å². The van der Waals surface area contributed by atoms with E-state index in [9.17, 15) is 22.4 Å². The third-order valence-electron chi connectivity index (χ3n) is 2.55. The monoisotopic (exact) mass is 328 g/mol. The van der Waals surface area contributed by atoms with Gasteiger partial charge >= 0.3 is 6.18 Å². The lowest BCUT2D eigenvalue weighted by atomic mass is 10.1. The molecule has 0 bridgehead atoms. The second kappa shape index (κ2) is 8.84. The van der Waals surface area contributed by atoms with E-state index in [-0.39, 0.29) is 24.5 Å². The molecule has 1 rings (SSSR count). The summed E-state index contributed by atoms with van der Waals surface area (Å²) < 4.78 is 50.6. The average molecular weight is 329 g/mol. The number of carbonyl (C=O) groups excluding carboxylic acids is 1. The number of hydrogen-bond donors (Lipinski definition) is 2. The van der Waals surface area contributed by atoms with Crippen molar-refractivity contribution in [1.82, 2.24) is 10.6 Å². The van der Waals surface area contributed by atoms with Crippen LogP contribution in [0.4, 0.5) is 17.6 Å². The number of benzene rings is 1. The van der Waals surface area contributed by atoms with Gasteiger partial charge in [0.2, 0.25) is 0 Å². The number of halogens is 5. The summed E-state index contributed by atoms with van der Waals surface area (Å²) in [5.41, 5.74) is -1.65. The van der Waals surface area contributed by atoms with Crippen molar-refractivity contribution in [1.29, 1.82) is 0 Å². The minimum atomic E-state index is -4.82. The Morgan fingerprint density at radius 1 is 1.19 bits per heavy atom. The zero-order chi connectivity index (χ0) is 15.2. The van der Waals surface area contributed by atoms with Crippen molar-refractivity contribution < 1.29 is 22.4 Å². The first-order valence-corrected chi connectivity index (χ1v) is 6.22. The SMILES string of the molecule is CCCNCCNC(=O)c1ccc(F)c(C(F)(F)F)c1.Cl. The summed E-state index contributed by atoms with van der Waals surface area (Å²) in [6, 6.07) is 2.19. The lowest BCUT2D eigenvalue weighted by Crippen LogP contribution is -2.32. The van der Waals surface area contributed by atoms with Gasteiger partial charge in [-0.3, -0.25) is 4.79 Å². The number of alkyl halides is 3. The molecule has 1 amide bonds. The summed E-state index contributed by atoms with van der Waals surface area (Å²) in [5.74, 6) is -2.05. The maximum Gasteiger partial charge on any atom is 0.419 e. The summed E-state index contributed by atoms with van der Waals surface area (Å²) in [6.45, 7) is 3.60. The van der Waals surface area contributed by atoms with E-state index in [4.69, 9.17) is 0 Å². The smallest absolute Gasteiger partial charge is 0.351 e. The molecule has 0 atom stereocenters. The number of amides is 1. The van der Waals surface area contributed by atoms with Crippen molar-refractivity contribution in [3.05, 3.63) is 35.1 Å². The highest BCUT2D eigenvalue weighted by Crippen LogP contribution is 2.31. The van der Waals surface area contributed by atoms with Crippen LogP contribution in [0.5, 0.6) is 0 Å². The molecule has 8 heteroatoms. The maximum absolute atomic E-state index is 13.1. The van der Waals surface area contributed by atoms with Crippen LogP contribution in [0.1, 0.15) is 29.3 Å². The van der Waals surface area contributed by atoms with Crippen molar-refractivity contribution in [2.24, 2.45) is 0 Å². The Kier molecular flexibility index (Phi) is 8.27. The summed E-state index contributed by atoms with van der Waals surface area (Å²) >= 11 is 0. The molecule has 0 aliphatic rings. The van der Waals surface area contributed by atoms with Crippen molar-refractivity contribution in [2.75, 3.05) is 19.6 Å². The zero-order valence-corrected chi connectivity index (χ0v) is 12.2. The average Bonchev–Trinajstić information content (AvgIpc) is 2.37. The van der Waals surface area contributed by atoms with Crippen LogP contribution in [-0.4, -0.2) is 25.5 Å². The number of hydrogen-bond acceptors (Lipinski definition) is 2. The molecule has 0 saturated heterocycles. The molecule has 0 aliphatic heterocycles. The predicted molar refractivity (Wildman–Crippen MR) is 74.1 cm³/mol. The number of carbonyl (C=O) groups is 1. The molecule has 0 unspecified atom stereocenters. The van der Waals surface area contributed by atoms with Gasteiger partial charge in [0.1, 0.15) is 5.82 Å². The van der Waals surface area contributed by atoms with Gasteiger partial charge in [0.15, 0.2) is 0 Å². The molecular weight excluding hydrogens is 312 g/mol. The van der Waals surface area contributed by atoms with Gasteiger partial charge in [-0.2, -0.15) is 13.2 Å². The standard InChI is InChI=1S/C13H16F4N2O.ClH/c1-2-5-18-6-7-19-12(20)9-3-4-11(14)10(8-9)13(15,16)17;/h3-4,8,18H,2,5-7H2,1H3,(H,19,20);1H. The van der Waals surface area contributed by atoms with E-state index in [0.29, 0.717) is 18.7 Å². The van der Waals surface area contributed by atoms with E-state index in [0.717, 1.165) is 19.0 Å². The van der Waals surface area contributed by atoms with Gasteiger partial charge in [-0.25, -0.2) is 4.39 Å². The fraction of sp³-hybridized carbons (Fsp3) is 0.462. The van der Waals surface area contributed by atoms with Gasteiger partial charge in [0.05, 0.1) is 5.56 Å². The largest absolute Gasteiger partial charge is 0.419 e. The molecule has 0 saturated carbocycles. The molecule has 0 aromatic heterocycles. The highest BCUT2D eigenvalue weighted by atomic mass is 35.5. The van der Waals surface area contributed by atoms with E-state index in [1.165, 1.54) is 0 Å². The summed E-state index contributed by atoms with van der Waals surface area (Å²) in [5, 5.41) is 5.50. The van der Waals surface area contributed by atoms with Crippen molar-refractivity contribution in [2.45, 2.75) is 19.5 Å². The molecule has 3 nitrogen and oxygen atoms in total. The van der Waals surface area contributed by atoms with Gasteiger partial charge in [0.25, 0.3) is 5.91 Å². The number of nitrogens with one attached hydrogen (secondary N) is 2. The molecule has 1 aromatic rings. The predicted octanol–water partition coefficient (Wildman–Crippen LogP) is 3.00. The van der Waals surface area contributed by atoms with E-state index in [1.54, 1.807) is 0 Å². The van der Waals surface area contributed by atoms with E-state index < -0.39 is 23.5 Å². The van der Waals surface area contributed by atoms with Crippen LogP contribution in [0.3, 0.4) is 0 Å². The van der Waals surface area contributed by atoms with Gasteiger partial charge in [-0.15, -0.1) is 12.4 Å². The van der Waals surface area contributed by atoms with Crippen LogP contribution in [0, 0.1) is 5.82 Å². The first-order valence-electron chi connectivity index (χ1n) is 6.22. The second-order valence-corrected chi connectivity index (χ2v) is 4.20. The Morgan fingerprint density at radius 3 is 2.43 bits per heavy atom. The Morgan fingerprint density at radius 2 is 1.86 bits per heavy atom. The van der Waals surface area contributed by atoms with Crippen molar-refractivity contribution in [3.63, 3.8) is 0 Å². The van der Waals surface area contributed by atoms with Crippen LogP contribution >= 0.6 is 12.4 Å². The quantitative estimate of drug-likeness (QED) is 0.622. The lowest BCUT2D eigenvalue weighted by molar-refractivity contribution is -0.140. The molecule has 0 aliphatic carbocycles. The third-order valence-corrected chi connectivity index (χ3v) is 2.55. The lowest BCUT2D eigenvalue weighted by Gasteiger charge is -2.10. The van der Waals surface area contributed by atoms with Crippen molar-refractivity contribution >= 4 is 18.3 Å². The molecular formula is C13H17ClF4N2O. The molecule has 0 heterocycles. The topological polar surface area (TPSA) is 41.1 Å². The fourth-order valence-corrected chi connectivity index (χ4v) is 1.55. The van der Waals surface area contributed by atoms with Gasteiger partial charge in [-0.1, -0.05) is 6.92 Å². The summed E-state index contributed by atoms with van der Waals surface area (Å²) in [7, 11) is 0. The molecule has 0 fully saturated rings. The molecule has 0 radical (unpaired) electrons. The first kappa shape index (κ1) is 19.7. The Bertz CT molecular complexity index is 466. The minimum absolute atomic E-state index is 0. The van der Waals surface area contributed by atoms with Gasteiger partial charge < -0.3 is 10.6 Å². The van der Waals surface area contributed by atoms with Gasteiger partial charge in [-0.05, 0) is 31.2 Å². The Hall–Kier alpha value is -1.34. The maximum atomic E-state index is 13.1. The third kappa shape index (κ3) is 6.31. The van der Waals surface area contributed by atoms with Gasteiger partial charge in [0, 0.05) is 18.7 Å². The van der Waals surface area contributed by atoms with E-state index in [2.05, 4.69) is 10.6 Å². The molecule has 120 valence electrons. The first-order chi connectivity index (χ1) is 9.36. The fourth-order valence-electron chi connectivity index (χ4n) is 1.55. The van der Waals surface area contributed by atoms with Crippen LogP contribution in [0.25, 0.3) is 0 Å². The minimum Gasteiger partial charge on any atom is -0.351 e. The highest BCUT2D eigenvalue weighted by molar-refractivity contribution is 5.94. The normalized spacial score (nSPS) is 10.9. The zero-order valence-electron chi connectivity index (χ0n) is 11.4. The molecule has 0 spiro atoms. The van der Waals surface area contributed by atoms with Crippen LogP contribution in [0.15, 0.2) is 18.2 Å². The second-order valence-electron chi connectivity index (χ2n) is 4.20. The Labute approximate surface area is 126 Å². The Balaban J connectivity index is 0.00000400. The molecule has 21 heavy (non-hydrogen) atoms. The molecule has 1 aromatic carbocycles. The highest BCUT2D eigenvalue weighted by Gasteiger charge is 2.34.